The van der Waals surface area contributed by atoms with Crippen molar-refractivity contribution in [2.75, 3.05) is 0 Å². The summed E-state index contributed by atoms with van der Waals surface area (Å²) in [6, 6.07) is 12.5. The number of aromatic amines is 1. The lowest BCUT2D eigenvalue weighted by molar-refractivity contribution is 0.103. The fraction of sp³-hybridized carbons (Fsp3) is 0.167. The van der Waals surface area contributed by atoms with Crippen molar-refractivity contribution in [2.45, 2.75) is 20.3 Å². The van der Waals surface area contributed by atoms with Gasteiger partial charge in [0.1, 0.15) is 0 Å². The molecule has 1 heterocycles. The summed E-state index contributed by atoms with van der Waals surface area (Å²) in [6.45, 7) is 4.05. The number of rotatable bonds is 3. The lowest BCUT2D eigenvalue weighted by Crippen LogP contribution is -2.19. The predicted octanol–water partition coefficient (Wildman–Crippen LogP) is 3.02. The smallest absolute Gasteiger partial charge is 0.219 e. The molecule has 0 spiro atoms. The van der Waals surface area contributed by atoms with Crippen molar-refractivity contribution in [2.24, 2.45) is 0 Å². The Hall–Kier alpha value is -2.75. The summed E-state index contributed by atoms with van der Waals surface area (Å²) in [5.41, 5.74) is 2.96. The fourth-order valence-corrected chi connectivity index (χ4v) is 2.56. The van der Waals surface area contributed by atoms with E-state index in [1.807, 2.05) is 32.0 Å². The van der Waals surface area contributed by atoms with Crippen molar-refractivity contribution >= 4 is 16.7 Å². The Bertz CT molecular complexity index is 926. The van der Waals surface area contributed by atoms with Gasteiger partial charge in [-0.25, -0.2) is 0 Å². The number of carbonyl (C=O) groups excluding carboxylic acids is 1. The van der Waals surface area contributed by atoms with Gasteiger partial charge in [0.15, 0.2) is 5.69 Å². The molecule has 4 nitrogen and oxygen atoms in total. The Morgan fingerprint density at radius 1 is 1.18 bits per heavy atom. The second-order valence-corrected chi connectivity index (χ2v) is 5.27. The van der Waals surface area contributed by atoms with E-state index in [1.165, 1.54) is 0 Å². The largest absolute Gasteiger partial charge is 0.287 e. The Balaban J connectivity index is 2.13. The summed E-state index contributed by atoms with van der Waals surface area (Å²) in [5, 5.41) is 7.23. The summed E-state index contributed by atoms with van der Waals surface area (Å²) in [5.74, 6) is -0.346. The second kappa shape index (κ2) is 5.56. The van der Waals surface area contributed by atoms with Gasteiger partial charge in [-0.2, -0.15) is 5.10 Å². The molecule has 0 aliphatic heterocycles. The lowest BCUT2D eigenvalue weighted by Gasteiger charge is -2.06. The summed E-state index contributed by atoms with van der Waals surface area (Å²) in [4.78, 5) is 25.1. The maximum absolute atomic E-state index is 12.6. The number of nitrogens with zero attached hydrogens (tertiary/aromatic N) is 1. The zero-order valence-corrected chi connectivity index (χ0v) is 12.5. The number of aromatic nitrogens is 2. The highest BCUT2D eigenvalue weighted by Gasteiger charge is 2.17. The zero-order valence-electron chi connectivity index (χ0n) is 12.5. The number of H-pyrrole nitrogens is 1. The first-order chi connectivity index (χ1) is 10.6. The van der Waals surface area contributed by atoms with E-state index in [2.05, 4.69) is 10.2 Å². The van der Waals surface area contributed by atoms with E-state index in [9.17, 15) is 9.59 Å². The lowest BCUT2D eigenvalue weighted by atomic mass is 9.99. The summed E-state index contributed by atoms with van der Waals surface area (Å²) >= 11 is 0. The average molecular weight is 292 g/mol. The zero-order chi connectivity index (χ0) is 15.7. The van der Waals surface area contributed by atoms with Gasteiger partial charge in [-0.05, 0) is 42.7 Å². The van der Waals surface area contributed by atoms with Crippen LogP contribution in [0.2, 0.25) is 0 Å². The predicted molar refractivity (Wildman–Crippen MR) is 86.4 cm³/mol. The van der Waals surface area contributed by atoms with E-state index in [0.717, 1.165) is 17.5 Å². The van der Waals surface area contributed by atoms with E-state index >= 15 is 0 Å². The second-order valence-electron chi connectivity index (χ2n) is 5.27. The Kier molecular flexibility index (Phi) is 3.59. The van der Waals surface area contributed by atoms with Crippen molar-refractivity contribution in [3.05, 3.63) is 75.1 Å². The van der Waals surface area contributed by atoms with Crippen LogP contribution in [0, 0.1) is 6.92 Å². The number of aryl methyl sites for hydroxylation is 2. The van der Waals surface area contributed by atoms with Crippen LogP contribution in [0.3, 0.4) is 0 Å². The topological polar surface area (TPSA) is 62.8 Å². The molecule has 3 rings (SSSR count). The molecule has 0 unspecified atom stereocenters. The first-order valence-corrected chi connectivity index (χ1v) is 7.23. The van der Waals surface area contributed by atoms with Crippen molar-refractivity contribution in [1.82, 2.24) is 10.2 Å². The van der Waals surface area contributed by atoms with E-state index in [-0.39, 0.29) is 16.9 Å². The summed E-state index contributed by atoms with van der Waals surface area (Å²) in [7, 11) is 0. The molecule has 1 aromatic heterocycles. The molecule has 0 aliphatic carbocycles. The van der Waals surface area contributed by atoms with Crippen molar-refractivity contribution in [1.29, 1.82) is 0 Å². The number of fused-ring (bicyclic) bond motifs is 1. The van der Waals surface area contributed by atoms with E-state index in [0.29, 0.717) is 16.5 Å². The number of hydrogen-bond acceptors (Lipinski definition) is 3. The molecule has 1 N–H and O–H groups in total. The molecule has 0 bridgehead atoms. The van der Waals surface area contributed by atoms with Gasteiger partial charge in [0.05, 0.1) is 5.52 Å². The Labute approximate surface area is 127 Å². The van der Waals surface area contributed by atoms with Gasteiger partial charge in [0, 0.05) is 10.9 Å². The normalized spacial score (nSPS) is 10.8. The van der Waals surface area contributed by atoms with Crippen LogP contribution in [0.15, 0.2) is 47.3 Å². The SMILES string of the molecule is CCc1cc(C(=O)c2n[nH]c3ccccc3c2=O)ccc1C. The third-order valence-corrected chi connectivity index (χ3v) is 3.88. The maximum atomic E-state index is 12.6. The number of hydrogen-bond donors (Lipinski definition) is 1. The first kappa shape index (κ1) is 14.2. The van der Waals surface area contributed by atoms with Crippen LogP contribution >= 0.6 is 0 Å². The molecule has 0 radical (unpaired) electrons. The third kappa shape index (κ3) is 2.33. The van der Waals surface area contributed by atoms with Gasteiger partial charge in [-0.3, -0.25) is 14.7 Å². The van der Waals surface area contributed by atoms with E-state index in [4.69, 9.17) is 0 Å². The molecule has 0 amide bonds. The minimum atomic E-state index is -0.346. The van der Waals surface area contributed by atoms with Crippen molar-refractivity contribution in [3.63, 3.8) is 0 Å². The minimum absolute atomic E-state index is 0.0652. The summed E-state index contributed by atoms with van der Waals surface area (Å²) < 4.78 is 0. The van der Waals surface area contributed by atoms with Crippen LogP contribution in [0.1, 0.15) is 34.1 Å². The third-order valence-electron chi connectivity index (χ3n) is 3.88. The minimum Gasteiger partial charge on any atom is -0.287 e. The standard InChI is InChI=1S/C18H16N2O2/c1-3-12-10-13(9-8-11(12)2)17(21)16-18(22)14-6-4-5-7-15(14)19-20-16/h4-10H,3H2,1-2H3,(H,19,22). The number of ketones is 1. The number of benzene rings is 2. The molecular formula is C18H16N2O2. The molecular weight excluding hydrogens is 276 g/mol. The summed E-state index contributed by atoms with van der Waals surface area (Å²) in [6.07, 6.45) is 0.842. The molecule has 0 atom stereocenters. The molecule has 0 fully saturated rings. The molecule has 0 saturated carbocycles. The van der Waals surface area contributed by atoms with Crippen LogP contribution in [-0.4, -0.2) is 16.0 Å². The van der Waals surface area contributed by atoms with Gasteiger partial charge < -0.3 is 0 Å². The highest BCUT2D eigenvalue weighted by atomic mass is 16.1. The van der Waals surface area contributed by atoms with Crippen LogP contribution in [-0.2, 0) is 6.42 Å². The first-order valence-electron chi connectivity index (χ1n) is 7.23. The Morgan fingerprint density at radius 3 is 2.73 bits per heavy atom. The highest BCUT2D eigenvalue weighted by Crippen LogP contribution is 2.14. The van der Waals surface area contributed by atoms with Gasteiger partial charge >= 0.3 is 0 Å². The van der Waals surface area contributed by atoms with Crippen molar-refractivity contribution < 1.29 is 4.79 Å². The van der Waals surface area contributed by atoms with Crippen LogP contribution in [0.4, 0.5) is 0 Å². The maximum Gasteiger partial charge on any atom is 0.219 e. The molecule has 110 valence electrons. The molecule has 4 heteroatoms. The molecule has 0 saturated heterocycles. The van der Waals surface area contributed by atoms with Gasteiger partial charge in [0.2, 0.25) is 11.2 Å². The molecule has 3 aromatic rings. The van der Waals surface area contributed by atoms with E-state index in [1.54, 1.807) is 24.3 Å². The molecule has 2 aromatic carbocycles. The fourth-order valence-electron chi connectivity index (χ4n) is 2.56. The van der Waals surface area contributed by atoms with Crippen LogP contribution in [0.25, 0.3) is 10.9 Å². The quantitative estimate of drug-likeness (QED) is 0.755. The van der Waals surface area contributed by atoms with E-state index < -0.39 is 0 Å². The van der Waals surface area contributed by atoms with Crippen LogP contribution in [0.5, 0.6) is 0 Å². The molecule has 22 heavy (non-hydrogen) atoms. The van der Waals surface area contributed by atoms with Gasteiger partial charge in [-0.1, -0.05) is 31.2 Å². The van der Waals surface area contributed by atoms with Crippen LogP contribution < -0.4 is 5.43 Å². The molecule has 0 aliphatic rings. The monoisotopic (exact) mass is 292 g/mol. The number of nitrogens with one attached hydrogen (secondary N) is 1. The average Bonchev–Trinajstić information content (AvgIpc) is 2.55. The number of carbonyl (C=O) groups is 1. The number of para-hydroxylation sites is 1. The van der Waals surface area contributed by atoms with Crippen molar-refractivity contribution in [3.8, 4) is 0 Å². The highest BCUT2D eigenvalue weighted by molar-refractivity contribution is 6.08. The van der Waals surface area contributed by atoms with Gasteiger partial charge in [-0.15, -0.1) is 0 Å². The Morgan fingerprint density at radius 2 is 1.95 bits per heavy atom. The van der Waals surface area contributed by atoms with Gasteiger partial charge in [0.25, 0.3) is 0 Å².